The monoisotopic (exact) mass is 312 g/mol. The lowest BCUT2D eigenvalue weighted by atomic mass is 9.98. The van der Waals surface area contributed by atoms with Crippen molar-refractivity contribution in [3.8, 4) is 0 Å². The predicted octanol–water partition coefficient (Wildman–Crippen LogP) is 3.90. The molecule has 3 nitrogen and oxygen atoms in total. The van der Waals surface area contributed by atoms with Crippen LogP contribution in [0.1, 0.15) is 77.6 Å². The van der Waals surface area contributed by atoms with Crippen LogP contribution in [-0.2, 0) is 0 Å². The smallest absolute Gasteiger partial charge is 0.0431 e. The first-order valence-corrected chi connectivity index (χ1v) is 9.70. The van der Waals surface area contributed by atoms with E-state index in [1.165, 1.54) is 77.3 Å². The zero-order valence-corrected chi connectivity index (χ0v) is 15.4. The summed E-state index contributed by atoms with van der Waals surface area (Å²) in [5.41, 5.74) is 0. The van der Waals surface area contributed by atoms with Crippen LogP contribution >= 0.6 is 0 Å². The Morgan fingerprint density at radius 3 is 1.73 bits per heavy atom. The van der Waals surface area contributed by atoms with Crippen LogP contribution in [0.5, 0.6) is 0 Å². The Morgan fingerprint density at radius 2 is 1.32 bits per heavy atom. The normalized spacial score (nSPS) is 27.3. The average Bonchev–Trinajstić information content (AvgIpc) is 2.54. The Kier molecular flexibility index (Phi) is 11.2. The summed E-state index contributed by atoms with van der Waals surface area (Å²) >= 11 is 0. The molecule has 2 atom stereocenters. The van der Waals surface area contributed by atoms with Gasteiger partial charge in [0.2, 0.25) is 0 Å². The molecule has 0 radical (unpaired) electrons. The van der Waals surface area contributed by atoms with E-state index in [1.807, 2.05) is 0 Å². The molecule has 3 heteroatoms. The van der Waals surface area contributed by atoms with Crippen molar-refractivity contribution in [1.82, 2.24) is 9.80 Å². The standard InChI is InChI=1S/C10H21N.C9H19NO/c1-3-4-7-10-8-5-6-9-11(10)2;1-10-7-3-2-5-9(10)6-4-8-11/h10H,3-9H2,1-2H3;9,11H,2-8H2,1H3. The van der Waals surface area contributed by atoms with Gasteiger partial charge in [-0.15, -0.1) is 0 Å². The van der Waals surface area contributed by atoms with E-state index in [2.05, 4.69) is 30.8 Å². The fraction of sp³-hybridized carbons (Fsp3) is 1.00. The van der Waals surface area contributed by atoms with Crippen LogP contribution in [0, 0.1) is 0 Å². The van der Waals surface area contributed by atoms with Crippen LogP contribution in [0.3, 0.4) is 0 Å². The minimum absolute atomic E-state index is 0.352. The molecule has 2 saturated heterocycles. The van der Waals surface area contributed by atoms with Gasteiger partial charge < -0.3 is 14.9 Å². The van der Waals surface area contributed by atoms with Gasteiger partial charge >= 0.3 is 0 Å². The molecule has 2 aliphatic rings. The second-order valence-corrected chi connectivity index (χ2v) is 7.27. The van der Waals surface area contributed by atoms with Gasteiger partial charge in [-0.2, -0.15) is 0 Å². The summed E-state index contributed by atoms with van der Waals surface area (Å²) in [5.74, 6) is 0. The molecule has 2 rings (SSSR count). The molecule has 1 N–H and O–H groups in total. The molecule has 22 heavy (non-hydrogen) atoms. The molecule has 0 aliphatic carbocycles. The number of hydrogen-bond donors (Lipinski definition) is 1. The second kappa shape index (κ2) is 12.3. The van der Waals surface area contributed by atoms with E-state index in [4.69, 9.17) is 5.11 Å². The maximum absolute atomic E-state index is 8.66. The second-order valence-electron chi connectivity index (χ2n) is 7.27. The molecule has 0 saturated carbocycles. The summed E-state index contributed by atoms with van der Waals surface area (Å²) in [6.07, 6.45) is 14.7. The number of nitrogens with zero attached hydrogens (tertiary/aromatic N) is 2. The van der Waals surface area contributed by atoms with Gasteiger partial charge in [-0.1, -0.05) is 32.6 Å². The van der Waals surface area contributed by atoms with Gasteiger partial charge in [0, 0.05) is 18.7 Å². The molecule has 2 heterocycles. The third kappa shape index (κ3) is 7.94. The summed E-state index contributed by atoms with van der Waals surface area (Å²) in [7, 11) is 4.47. The van der Waals surface area contributed by atoms with E-state index < -0.39 is 0 Å². The van der Waals surface area contributed by atoms with Gasteiger partial charge in [0.1, 0.15) is 0 Å². The first-order valence-electron chi connectivity index (χ1n) is 9.70. The summed E-state index contributed by atoms with van der Waals surface area (Å²) < 4.78 is 0. The van der Waals surface area contributed by atoms with Crippen molar-refractivity contribution in [2.75, 3.05) is 33.8 Å². The van der Waals surface area contributed by atoms with E-state index in [0.717, 1.165) is 18.5 Å². The Hall–Kier alpha value is -0.120. The third-order valence-corrected chi connectivity index (χ3v) is 5.43. The molecule has 2 aliphatic heterocycles. The van der Waals surface area contributed by atoms with Crippen molar-refractivity contribution in [2.45, 2.75) is 89.6 Å². The molecule has 0 spiro atoms. The SMILES string of the molecule is CCCCC1CCCCN1C.CN1CCCCC1CCCO. The lowest BCUT2D eigenvalue weighted by Gasteiger charge is -2.32. The molecule has 2 fully saturated rings. The molecule has 0 aromatic heterocycles. The quantitative estimate of drug-likeness (QED) is 0.805. The van der Waals surface area contributed by atoms with E-state index in [1.54, 1.807) is 0 Å². The van der Waals surface area contributed by atoms with Crippen molar-refractivity contribution in [3.05, 3.63) is 0 Å². The fourth-order valence-corrected chi connectivity index (χ4v) is 3.78. The number of aliphatic hydroxyl groups excluding tert-OH is 1. The van der Waals surface area contributed by atoms with Crippen molar-refractivity contribution in [3.63, 3.8) is 0 Å². The minimum Gasteiger partial charge on any atom is -0.396 e. The van der Waals surface area contributed by atoms with Crippen molar-refractivity contribution in [2.24, 2.45) is 0 Å². The van der Waals surface area contributed by atoms with Crippen LogP contribution in [-0.4, -0.2) is 60.8 Å². The molecule has 0 bridgehead atoms. The lowest BCUT2D eigenvalue weighted by molar-refractivity contribution is 0.163. The first-order chi connectivity index (χ1) is 10.7. The van der Waals surface area contributed by atoms with E-state index >= 15 is 0 Å². The van der Waals surface area contributed by atoms with E-state index in [9.17, 15) is 0 Å². The molecular weight excluding hydrogens is 272 g/mol. The maximum atomic E-state index is 8.66. The Bertz CT molecular complexity index is 234. The highest BCUT2D eigenvalue weighted by molar-refractivity contribution is 4.74. The third-order valence-electron chi connectivity index (χ3n) is 5.43. The molecule has 0 aromatic carbocycles. The predicted molar refractivity (Wildman–Crippen MR) is 96.4 cm³/mol. The van der Waals surface area contributed by atoms with Crippen molar-refractivity contribution >= 4 is 0 Å². The first kappa shape index (κ1) is 19.9. The van der Waals surface area contributed by atoms with Gasteiger partial charge in [-0.05, 0) is 72.1 Å². The number of rotatable bonds is 6. The van der Waals surface area contributed by atoms with Crippen LogP contribution in [0.2, 0.25) is 0 Å². The summed E-state index contributed by atoms with van der Waals surface area (Å²) in [4.78, 5) is 4.97. The van der Waals surface area contributed by atoms with Gasteiger partial charge in [-0.25, -0.2) is 0 Å². The molecule has 0 aromatic rings. The summed E-state index contributed by atoms with van der Waals surface area (Å²) in [5, 5.41) is 8.66. The molecular formula is C19H40N2O. The van der Waals surface area contributed by atoms with Gasteiger partial charge in [-0.3, -0.25) is 0 Å². The number of aliphatic hydroxyl groups is 1. The highest BCUT2D eigenvalue weighted by Gasteiger charge is 2.18. The zero-order chi connectivity index (χ0) is 16.2. The highest BCUT2D eigenvalue weighted by atomic mass is 16.2. The van der Waals surface area contributed by atoms with Crippen LogP contribution in [0.15, 0.2) is 0 Å². The molecule has 132 valence electrons. The van der Waals surface area contributed by atoms with E-state index in [-0.39, 0.29) is 0 Å². The van der Waals surface area contributed by atoms with Crippen LogP contribution < -0.4 is 0 Å². The van der Waals surface area contributed by atoms with Crippen molar-refractivity contribution < 1.29 is 5.11 Å². The lowest BCUT2D eigenvalue weighted by Crippen LogP contribution is -2.36. The minimum atomic E-state index is 0.352. The average molecular weight is 313 g/mol. The van der Waals surface area contributed by atoms with Gasteiger partial charge in [0.25, 0.3) is 0 Å². The van der Waals surface area contributed by atoms with Crippen LogP contribution in [0.25, 0.3) is 0 Å². The summed E-state index contributed by atoms with van der Waals surface area (Å²) in [6.45, 7) is 5.21. The van der Waals surface area contributed by atoms with Crippen LogP contribution in [0.4, 0.5) is 0 Å². The zero-order valence-electron chi connectivity index (χ0n) is 15.4. The Balaban J connectivity index is 0.000000220. The number of piperidine rings is 2. The Morgan fingerprint density at radius 1 is 0.818 bits per heavy atom. The largest absolute Gasteiger partial charge is 0.396 e. The topological polar surface area (TPSA) is 26.7 Å². The number of unbranched alkanes of at least 4 members (excludes halogenated alkanes) is 1. The van der Waals surface area contributed by atoms with Gasteiger partial charge in [0.05, 0.1) is 0 Å². The fourth-order valence-electron chi connectivity index (χ4n) is 3.78. The van der Waals surface area contributed by atoms with E-state index in [0.29, 0.717) is 6.61 Å². The molecule has 2 unspecified atom stereocenters. The van der Waals surface area contributed by atoms with Gasteiger partial charge in [0.15, 0.2) is 0 Å². The number of hydrogen-bond acceptors (Lipinski definition) is 3. The Labute approximate surface area is 139 Å². The summed E-state index contributed by atoms with van der Waals surface area (Å²) in [6, 6.07) is 1.65. The maximum Gasteiger partial charge on any atom is 0.0431 e. The molecule has 0 amide bonds. The number of likely N-dealkylation sites (tertiary alicyclic amines) is 2. The van der Waals surface area contributed by atoms with Crippen molar-refractivity contribution in [1.29, 1.82) is 0 Å². The highest BCUT2D eigenvalue weighted by Crippen LogP contribution is 2.19.